The van der Waals surface area contributed by atoms with Crippen molar-refractivity contribution in [1.29, 1.82) is 0 Å². The third kappa shape index (κ3) is 6.91. The molecule has 1 rings (SSSR count). The van der Waals surface area contributed by atoms with Gasteiger partial charge in [-0.1, -0.05) is 48.3 Å². The van der Waals surface area contributed by atoms with E-state index in [1.807, 2.05) is 0 Å². The van der Waals surface area contributed by atoms with Crippen molar-refractivity contribution in [3.8, 4) is 0 Å². The lowest BCUT2D eigenvalue weighted by Gasteiger charge is -2.42. The van der Waals surface area contributed by atoms with E-state index in [1.165, 1.54) is 20.1 Å². The first kappa shape index (κ1) is 27.4. The van der Waals surface area contributed by atoms with Crippen LogP contribution < -0.4 is 0 Å². The first-order valence-electron chi connectivity index (χ1n) is 10.2. The van der Waals surface area contributed by atoms with Crippen LogP contribution in [0.5, 0.6) is 0 Å². The number of carboxylic acids is 1. The number of halogens is 1. The number of amides is 1. The molecule has 0 aromatic heterocycles. The molecular weight excluding hydrogens is 482 g/mol. The number of carboxylic acid groups (broad SMARTS) is 1. The van der Waals surface area contributed by atoms with E-state index in [2.05, 4.69) is 15.9 Å². The van der Waals surface area contributed by atoms with Crippen molar-refractivity contribution in [2.75, 3.05) is 20.3 Å². The van der Waals surface area contributed by atoms with Crippen LogP contribution in [-0.4, -0.2) is 59.6 Å². The Labute approximate surface area is 196 Å². The van der Waals surface area contributed by atoms with Gasteiger partial charge >= 0.3 is 17.9 Å². The molecule has 0 aliphatic heterocycles. The van der Waals surface area contributed by atoms with Crippen LogP contribution in [-0.2, 0) is 28.7 Å². The van der Waals surface area contributed by atoms with Crippen molar-refractivity contribution in [3.05, 3.63) is 39.9 Å². The van der Waals surface area contributed by atoms with Crippen molar-refractivity contribution < 1.29 is 33.8 Å². The number of aliphatic carboxylic acids is 1. The third-order valence-electron chi connectivity index (χ3n) is 5.45. The van der Waals surface area contributed by atoms with Gasteiger partial charge in [-0.3, -0.25) is 9.59 Å². The number of methoxy groups -OCH3 is 1. The summed E-state index contributed by atoms with van der Waals surface area (Å²) in [7, 11) is 1.20. The minimum atomic E-state index is -1.68. The zero-order chi connectivity index (χ0) is 24.5. The quantitative estimate of drug-likeness (QED) is 0.274. The van der Waals surface area contributed by atoms with Crippen molar-refractivity contribution in [2.24, 2.45) is 5.92 Å². The molecule has 1 amide bonds. The number of ether oxygens (including phenoxy) is 2. The van der Waals surface area contributed by atoms with Gasteiger partial charge in [0.1, 0.15) is 12.0 Å². The van der Waals surface area contributed by atoms with Crippen molar-refractivity contribution >= 4 is 45.8 Å². The fourth-order valence-electron chi connectivity index (χ4n) is 3.16. The molecule has 0 heterocycles. The van der Waals surface area contributed by atoms with Crippen LogP contribution >= 0.6 is 15.9 Å². The smallest absolute Gasteiger partial charge is 0.335 e. The van der Waals surface area contributed by atoms with Crippen LogP contribution in [0.15, 0.2) is 34.3 Å². The van der Waals surface area contributed by atoms with Gasteiger partial charge in [-0.25, -0.2) is 9.59 Å². The Morgan fingerprint density at radius 1 is 1.19 bits per heavy atom. The first-order chi connectivity index (χ1) is 15.0. The second-order valence-corrected chi connectivity index (χ2v) is 8.35. The van der Waals surface area contributed by atoms with Crippen LogP contribution in [0.2, 0.25) is 0 Å². The molecule has 176 valence electrons. The van der Waals surface area contributed by atoms with Gasteiger partial charge in [0.25, 0.3) is 0 Å². The van der Waals surface area contributed by atoms with Crippen LogP contribution in [0.1, 0.15) is 46.1 Å². The number of esters is 2. The molecule has 0 aliphatic rings. The highest BCUT2D eigenvalue weighted by Gasteiger charge is 2.47. The lowest BCUT2D eigenvalue weighted by molar-refractivity contribution is -0.164. The molecule has 0 fully saturated rings. The predicted octanol–water partition coefficient (Wildman–Crippen LogP) is 3.68. The summed E-state index contributed by atoms with van der Waals surface area (Å²) < 4.78 is 10.6. The van der Waals surface area contributed by atoms with Gasteiger partial charge in [-0.2, -0.15) is 0 Å². The maximum Gasteiger partial charge on any atom is 0.335 e. The molecule has 0 aliphatic carbocycles. The highest BCUT2D eigenvalue weighted by Crippen LogP contribution is 2.30. The molecule has 2 unspecified atom stereocenters. The Kier molecular flexibility index (Phi) is 10.6. The van der Waals surface area contributed by atoms with Gasteiger partial charge in [-0.05, 0) is 43.5 Å². The molecule has 0 saturated heterocycles. The molecule has 1 N–H and O–H groups in total. The fourth-order valence-corrected chi connectivity index (χ4v) is 3.43. The Morgan fingerprint density at radius 3 is 2.25 bits per heavy atom. The average molecular weight is 512 g/mol. The van der Waals surface area contributed by atoms with E-state index in [0.29, 0.717) is 12.0 Å². The lowest BCUT2D eigenvalue weighted by atomic mass is 9.82. The zero-order valence-corrected chi connectivity index (χ0v) is 20.6. The van der Waals surface area contributed by atoms with Gasteiger partial charge in [0.05, 0.1) is 25.8 Å². The molecule has 32 heavy (non-hydrogen) atoms. The second kappa shape index (κ2) is 12.4. The maximum absolute atomic E-state index is 13.1. The Morgan fingerprint density at radius 2 is 1.78 bits per heavy atom. The van der Waals surface area contributed by atoms with E-state index in [-0.39, 0.29) is 18.7 Å². The zero-order valence-electron chi connectivity index (χ0n) is 19.0. The molecule has 0 saturated carbocycles. The number of nitrogens with zero attached hydrogens (tertiary/aromatic N) is 1. The molecule has 1 aromatic rings. The van der Waals surface area contributed by atoms with Crippen molar-refractivity contribution in [1.82, 2.24) is 4.90 Å². The summed E-state index contributed by atoms with van der Waals surface area (Å²) in [6.45, 7) is 6.27. The Bertz CT molecular complexity index is 866. The monoisotopic (exact) mass is 511 g/mol. The van der Waals surface area contributed by atoms with Gasteiger partial charge < -0.3 is 19.5 Å². The molecule has 0 spiro atoms. The summed E-state index contributed by atoms with van der Waals surface area (Å²) in [5.41, 5.74) is -0.944. The number of carbonyl (C=O) groups excluding carboxylic acids is 3. The third-order valence-corrected chi connectivity index (χ3v) is 5.98. The number of hydrogen-bond acceptors (Lipinski definition) is 6. The van der Waals surface area contributed by atoms with E-state index in [9.17, 15) is 24.3 Å². The van der Waals surface area contributed by atoms with Gasteiger partial charge in [0, 0.05) is 4.47 Å². The number of benzene rings is 1. The normalized spacial score (nSPS) is 14.1. The summed E-state index contributed by atoms with van der Waals surface area (Å²) in [5, 5.41) is 10.1. The van der Waals surface area contributed by atoms with Gasteiger partial charge in [-0.15, -0.1) is 0 Å². The van der Waals surface area contributed by atoms with Gasteiger partial charge in [0.2, 0.25) is 5.91 Å². The lowest BCUT2D eigenvalue weighted by Crippen LogP contribution is -2.60. The summed E-state index contributed by atoms with van der Waals surface area (Å²) in [5.74, 6) is -3.94. The topological polar surface area (TPSA) is 110 Å². The van der Waals surface area contributed by atoms with E-state index in [0.717, 1.165) is 9.37 Å². The summed E-state index contributed by atoms with van der Waals surface area (Å²) in [4.78, 5) is 51.0. The van der Waals surface area contributed by atoms with Crippen LogP contribution in [0.3, 0.4) is 0 Å². The van der Waals surface area contributed by atoms with E-state index >= 15 is 0 Å². The molecular formula is C23H30BrNO7. The minimum Gasteiger partial charge on any atom is -0.479 e. The van der Waals surface area contributed by atoms with Crippen molar-refractivity contribution in [2.45, 2.75) is 46.1 Å². The van der Waals surface area contributed by atoms with Crippen LogP contribution in [0, 0.1) is 5.92 Å². The fraction of sp³-hybridized carbons (Fsp3) is 0.478. The molecule has 0 bridgehead atoms. The summed E-state index contributed by atoms with van der Waals surface area (Å²) in [6, 6.07) is 7.07. The number of hydrogen-bond donors (Lipinski definition) is 1. The maximum atomic E-state index is 13.1. The number of rotatable bonds is 11. The van der Waals surface area contributed by atoms with Crippen molar-refractivity contribution in [3.63, 3.8) is 0 Å². The Balaban J connectivity index is 3.52. The van der Waals surface area contributed by atoms with Gasteiger partial charge in [0.15, 0.2) is 0 Å². The molecule has 2 atom stereocenters. The molecule has 8 nitrogen and oxygen atoms in total. The highest BCUT2D eigenvalue weighted by atomic mass is 79.9. The van der Waals surface area contributed by atoms with E-state index in [1.54, 1.807) is 45.0 Å². The first-order valence-corrected chi connectivity index (χ1v) is 11.0. The highest BCUT2D eigenvalue weighted by molar-refractivity contribution is 9.10. The standard InChI is InChI=1S/C23H30BrNO7/c1-6-15(3)23(4,22(29)30)25(19(26)13-20(27)32-7-2)14-17(21(28)31-5)12-16-8-10-18(24)11-9-16/h8-12,15H,6-7,13-14H2,1-5H3,(H,29,30). The molecule has 0 radical (unpaired) electrons. The SMILES string of the molecule is CCOC(=O)CC(=O)N(CC(=Cc1ccc(Br)cc1)C(=O)OC)C(C)(C(=O)O)C(C)CC. The van der Waals surface area contributed by atoms with E-state index < -0.39 is 41.7 Å². The minimum absolute atomic E-state index is 0.0720. The van der Waals surface area contributed by atoms with Crippen LogP contribution in [0.25, 0.3) is 6.08 Å². The molecule has 1 aromatic carbocycles. The van der Waals surface area contributed by atoms with Crippen LogP contribution in [0.4, 0.5) is 0 Å². The summed E-state index contributed by atoms with van der Waals surface area (Å²) >= 11 is 3.34. The predicted molar refractivity (Wildman–Crippen MR) is 123 cm³/mol. The molecule has 9 heteroatoms. The largest absolute Gasteiger partial charge is 0.479 e. The average Bonchev–Trinajstić information content (AvgIpc) is 2.75. The second-order valence-electron chi connectivity index (χ2n) is 7.44. The van der Waals surface area contributed by atoms with E-state index in [4.69, 9.17) is 9.47 Å². The number of carbonyl (C=O) groups is 4. The Hall–Kier alpha value is -2.68. The summed E-state index contributed by atoms with van der Waals surface area (Å²) in [6.07, 6.45) is 1.34.